The van der Waals surface area contributed by atoms with Crippen molar-refractivity contribution in [1.29, 1.82) is 0 Å². The molecule has 7 heteroatoms. The minimum absolute atomic E-state index is 0.0243. The number of benzene rings is 1. The molecule has 0 unspecified atom stereocenters. The van der Waals surface area contributed by atoms with Crippen LogP contribution in [0.5, 0.6) is 0 Å². The van der Waals surface area contributed by atoms with Crippen LogP contribution in [0.25, 0.3) is 10.6 Å². The molecule has 2 aromatic heterocycles. The van der Waals surface area contributed by atoms with Gasteiger partial charge in [0.15, 0.2) is 0 Å². The lowest BCUT2D eigenvalue weighted by Crippen LogP contribution is -2.30. The van der Waals surface area contributed by atoms with E-state index in [0.29, 0.717) is 11.3 Å². The predicted molar refractivity (Wildman–Crippen MR) is 113 cm³/mol. The molecule has 0 saturated carbocycles. The fourth-order valence-corrected chi connectivity index (χ4v) is 4.13. The smallest absolute Gasteiger partial charge is 0.261 e. The predicted octanol–water partition coefficient (Wildman–Crippen LogP) is 3.27. The lowest BCUT2D eigenvalue weighted by atomic mass is 10.1. The number of amides is 2. The topological polar surface area (TPSA) is 82.3 Å². The number of aromatic nitrogens is 1. The van der Waals surface area contributed by atoms with E-state index in [1.807, 2.05) is 34.5 Å². The number of nitrogens with one attached hydrogen (secondary N) is 2. The summed E-state index contributed by atoms with van der Waals surface area (Å²) in [7, 11) is 0. The molecule has 6 nitrogen and oxygen atoms in total. The van der Waals surface area contributed by atoms with E-state index in [9.17, 15) is 14.4 Å². The normalized spacial score (nSPS) is 13.4. The van der Waals surface area contributed by atoms with Crippen LogP contribution in [-0.4, -0.2) is 34.8 Å². The summed E-state index contributed by atoms with van der Waals surface area (Å²) in [5.41, 5.74) is 1.77. The molecular formula is C22H21N3O3S. The molecule has 3 heterocycles. The van der Waals surface area contributed by atoms with E-state index in [0.717, 1.165) is 36.4 Å². The molecule has 0 atom stereocenters. The van der Waals surface area contributed by atoms with Gasteiger partial charge in [0.1, 0.15) is 5.56 Å². The van der Waals surface area contributed by atoms with Crippen LogP contribution >= 0.6 is 11.3 Å². The zero-order valence-corrected chi connectivity index (χ0v) is 16.6. The summed E-state index contributed by atoms with van der Waals surface area (Å²) in [6.07, 6.45) is 2.09. The van der Waals surface area contributed by atoms with Crippen LogP contribution < -0.4 is 10.9 Å². The number of hydrogen-bond donors (Lipinski definition) is 2. The monoisotopic (exact) mass is 407 g/mol. The number of likely N-dealkylation sites (tertiary alicyclic amines) is 1. The molecule has 0 aliphatic carbocycles. The number of aromatic amines is 1. The first kappa shape index (κ1) is 19.1. The Hall–Kier alpha value is -3.19. The Bertz CT molecular complexity index is 1080. The number of rotatable bonds is 5. The molecule has 0 bridgehead atoms. The van der Waals surface area contributed by atoms with Gasteiger partial charge < -0.3 is 15.2 Å². The highest BCUT2D eigenvalue weighted by Gasteiger charge is 2.19. The van der Waals surface area contributed by atoms with Crippen molar-refractivity contribution in [2.75, 3.05) is 13.1 Å². The summed E-state index contributed by atoms with van der Waals surface area (Å²) in [4.78, 5) is 42.9. The molecule has 29 heavy (non-hydrogen) atoms. The van der Waals surface area contributed by atoms with Gasteiger partial charge in [-0.05, 0) is 54.1 Å². The van der Waals surface area contributed by atoms with Crippen molar-refractivity contribution in [3.8, 4) is 10.6 Å². The van der Waals surface area contributed by atoms with Gasteiger partial charge in [0.2, 0.25) is 0 Å². The van der Waals surface area contributed by atoms with Gasteiger partial charge in [-0.1, -0.05) is 18.2 Å². The third kappa shape index (κ3) is 4.30. The number of carbonyl (C=O) groups excluding carboxylic acids is 2. The molecule has 1 aliphatic rings. The van der Waals surface area contributed by atoms with E-state index in [2.05, 4.69) is 10.3 Å². The largest absolute Gasteiger partial charge is 0.348 e. The molecule has 1 saturated heterocycles. The average molecular weight is 407 g/mol. The first-order valence-corrected chi connectivity index (χ1v) is 10.4. The van der Waals surface area contributed by atoms with Crippen molar-refractivity contribution in [2.24, 2.45) is 0 Å². The second-order valence-electron chi connectivity index (χ2n) is 6.97. The summed E-state index contributed by atoms with van der Waals surface area (Å²) < 4.78 is 0. The highest BCUT2D eigenvalue weighted by molar-refractivity contribution is 7.13. The molecule has 148 valence electrons. The lowest BCUT2D eigenvalue weighted by Gasteiger charge is -2.15. The Balaban J connectivity index is 1.43. The van der Waals surface area contributed by atoms with E-state index < -0.39 is 11.5 Å². The average Bonchev–Trinajstić information content (AvgIpc) is 3.46. The quantitative estimate of drug-likeness (QED) is 0.681. The van der Waals surface area contributed by atoms with Crippen LogP contribution in [0.3, 0.4) is 0 Å². The van der Waals surface area contributed by atoms with Crippen molar-refractivity contribution in [3.63, 3.8) is 0 Å². The van der Waals surface area contributed by atoms with Crippen LogP contribution in [0.2, 0.25) is 0 Å². The van der Waals surface area contributed by atoms with E-state index >= 15 is 0 Å². The number of nitrogens with zero attached hydrogens (tertiary/aromatic N) is 1. The van der Waals surface area contributed by atoms with E-state index in [4.69, 9.17) is 0 Å². The van der Waals surface area contributed by atoms with Gasteiger partial charge in [-0.3, -0.25) is 14.4 Å². The summed E-state index contributed by atoms with van der Waals surface area (Å²) in [6, 6.07) is 14.3. The highest BCUT2D eigenvalue weighted by Crippen LogP contribution is 2.21. The molecule has 1 aromatic carbocycles. The maximum absolute atomic E-state index is 12.5. The Morgan fingerprint density at radius 2 is 1.90 bits per heavy atom. The zero-order chi connectivity index (χ0) is 20.2. The summed E-state index contributed by atoms with van der Waals surface area (Å²) in [5.74, 6) is -0.420. The number of hydrogen-bond acceptors (Lipinski definition) is 4. The van der Waals surface area contributed by atoms with Gasteiger partial charge in [-0.25, -0.2) is 0 Å². The van der Waals surface area contributed by atoms with Crippen LogP contribution in [0.15, 0.2) is 58.7 Å². The van der Waals surface area contributed by atoms with Crippen molar-refractivity contribution < 1.29 is 9.59 Å². The van der Waals surface area contributed by atoms with Crippen molar-refractivity contribution in [2.45, 2.75) is 19.4 Å². The molecule has 1 fully saturated rings. The fourth-order valence-electron chi connectivity index (χ4n) is 3.42. The van der Waals surface area contributed by atoms with Gasteiger partial charge in [-0.2, -0.15) is 0 Å². The van der Waals surface area contributed by atoms with Gasteiger partial charge >= 0.3 is 0 Å². The fraction of sp³-hybridized carbons (Fsp3) is 0.227. The van der Waals surface area contributed by atoms with E-state index in [1.165, 1.54) is 17.4 Å². The molecule has 3 aromatic rings. The Morgan fingerprint density at radius 1 is 1.07 bits per heavy atom. The van der Waals surface area contributed by atoms with Crippen molar-refractivity contribution >= 4 is 23.2 Å². The Morgan fingerprint density at radius 3 is 2.62 bits per heavy atom. The van der Waals surface area contributed by atoms with Crippen LogP contribution in [-0.2, 0) is 6.54 Å². The van der Waals surface area contributed by atoms with Gasteiger partial charge in [0, 0.05) is 25.2 Å². The Kier molecular flexibility index (Phi) is 5.57. The SMILES string of the molecule is O=C(NCc1cccc(C(=O)N2CCCC2)c1)c1ccc(-c2cccs2)[nH]c1=O. The zero-order valence-electron chi connectivity index (χ0n) is 15.8. The first-order chi connectivity index (χ1) is 14.1. The highest BCUT2D eigenvalue weighted by atomic mass is 32.1. The molecule has 2 amide bonds. The number of H-pyrrole nitrogens is 1. The minimum Gasteiger partial charge on any atom is -0.348 e. The van der Waals surface area contributed by atoms with Gasteiger partial charge in [0.25, 0.3) is 17.4 Å². The van der Waals surface area contributed by atoms with Crippen LogP contribution in [0, 0.1) is 0 Å². The second kappa shape index (κ2) is 8.45. The molecule has 0 spiro atoms. The standard InChI is InChI=1S/C22H21N3O3S/c26-20(17-8-9-18(24-21(17)27)19-7-4-12-29-19)23-14-15-5-3-6-16(13-15)22(28)25-10-1-2-11-25/h3-9,12-13H,1-2,10-11,14H2,(H,23,26)(H,24,27). The number of thiophene rings is 1. The molecule has 1 aliphatic heterocycles. The summed E-state index contributed by atoms with van der Waals surface area (Å²) in [5, 5.41) is 4.69. The van der Waals surface area contributed by atoms with Crippen molar-refractivity contribution in [3.05, 3.63) is 81.0 Å². The third-order valence-corrected chi connectivity index (χ3v) is 5.86. The number of carbonyl (C=O) groups is 2. The summed E-state index contributed by atoms with van der Waals surface area (Å²) >= 11 is 1.52. The maximum Gasteiger partial charge on any atom is 0.261 e. The lowest BCUT2D eigenvalue weighted by molar-refractivity contribution is 0.0792. The number of pyridine rings is 1. The van der Waals surface area contributed by atoms with E-state index in [1.54, 1.807) is 18.2 Å². The minimum atomic E-state index is -0.444. The van der Waals surface area contributed by atoms with E-state index in [-0.39, 0.29) is 18.0 Å². The van der Waals surface area contributed by atoms with Crippen LogP contribution in [0.4, 0.5) is 0 Å². The molecular weight excluding hydrogens is 386 g/mol. The Labute approximate surface area is 172 Å². The summed E-state index contributed by atoms with van der Waals surface area (Å²) in [6.45, 7) is 1.83. The first-order valence-electron chi connectivity index (χ1n) is 9.55. The van der Waals surface area contributed by atoms with Gasteiger partial charge in [0.05, 0.1) is 10.6 Å². The molecule has 0 radical (unpaired) electrons. The molecule has 4 rings (SSSR count). The maximum atomic E-state index is 12.5. The third-order valence-electron chi connectivity index (χ3n) is 4.96. The van der Waals surface area contributed by atoms with Gasteiger partial charge in [-0.15, -0.1) is 11.3 Å². The molecule has 2 N–H and O–H groups in total. The second-order valence-corrected chi connectivity index (χ2v) is 7.92. The van der Waals surface area contributed by atoms with Crippen LogP contribution in [0.1, 0.15) is 39.1 Å². The van der Waals surface area contributed by atoms with Crippen molar-refractivity contribution in [1.82, 2.24) is 15.2 Å².